The Morgan fingerprint density at radius 1 is 1.31 bits per heavy atom. The molecule has 3 heteroatoms. The van der Waals surface area contributed by atoms with Crippen molar-refractivity contribution in [3.05, 3.63) is 0 Å². The van der Waals surface area contributed by atoms with Crippen LogP contribution in [0.25, 0.3) is 0 Å². The quantitative estimate of drug-likeness (QED) is 0.756. The van der Waals surface area contributed by atoms with Crippen molar-refractivity contribution in [2.75, 3.05) is 0 Å². The first-order chi connectivity index (χ1) is 7.43. The summed E-state index contributed by atoms with van der Waals surface area (Å²) in [7, 11) is 0. The van der Waals surface area contributed by atoms with E-state index in [0.29, 0.717) is 6.42 Å². The van der Waals surface area contributed by atoms with Crippen LogP contribution in [0.3, 0.4) is 0 Å². The van der Waals surface area contributed by atoms with Crippen molar-refractivity contribution in [2.45, 2.75) is 76.8 Å². The minimum atomic E-state index is -0.230. The van der Waals surface area contributed by atoms with E-state index < -0.39 is 0 Å². The van der Waals surface area contributed by atoms with Gasteiger partial charge in [-0.2, -0.15) is 0 Å². The normalized spacial score (nSPS) is 19.8. The van der Waals surface area contributed by atoms with Gasteiger partial charge in [0.25, 0.3) is 0 Å². The molecule has 0 heterocycles. The first-order valence-corrected chi connectivity index (χ1v) is 6.53. The minimum Gasteiger partial charge on any atom is -0.351 e. The molecular formula is C13H26N2O. The molecule has 94 valence electrons. The second-order valence-electron chi connectivity index (χ2n) is 5.56. The molecule has 0 aliphatic heterocycles. The number of nitrogens with two attached hydrogens (primary N) is 1. The van der Waals surface area contributed by atoms with Crippen LogP contribution in [0.2, 0.25) is 0 Å². The fourth-order valence-electron chi connectivity index (χ4n) is 2.38. The Hall–Kier alpha value is -0.570. The Bertz CT molecular complexity index is 232. The number of hydrogen-bond acceptors (Lipinski definition) is 2. The van der Waals surface area contributed by atoms with Gasteiger partial charge in [-0.05, 0) is 32.6 Å². The van der Waals surface area contributed by atoms with Gasteiger partial charge in [-0.25, -0.2) is 0 Å². The SMILES string of the molecule is CCC(C)(CC)NC(=O)CC1(N)CCCC1. The molecule has 1 rings (SSSR count). The Balaban J connectivity index is 2.46. The minimum absolute atomic E-state index is 0.0634. The Morgan fingerprint density at radius 2 is 1.81 bits per heavy atom. The third-order valence-corrected chi connectivity index (χ3v) is 4.11. The van der Waals surface area contributed by atoms with Crippen LogP contribution >= 0.6 is 0 Å². The predicted molar refractivity (Wildman–Crippen MR) is 67.1 cm³/mol. The molecule has 1 aliphatic carbocycles. The molecule has 0 spiro atoms. The van der Waals surface area contributed by atoms with Crippen LogP contribution in [0.15, 0.2) is 0 Å². The van der Waals surface area contributed by atoms with Gasteiger partial charge < -0.3 is 11.1 Å². The van der Waals surface area contributed by atoms with E-state index in [1.165, 1.54) is 12.8 Å². The number of carbonyl (C=O) groups excluding carboxylic acids is 1. The lowest BCUT2D eigenvalue weighted by Gasteiger charge is -2.31. The highest BCUT2D eigenvalue weighted by atomic mass is 16.1. The summed E-state index contributed by atoms with van der Waals surface area (Å²) < 4.78 is 0. The first-order valence-electron chi connectivity index (χ1n) is 6.53. The van der Waals surface area contributed by atoms with Gasteiger partial charge in [0.1, 0.15) is 0 Å². The maximum Gasteiger partial charge on any atom is 0.222 e. The summed E-state index contributed by atoms with van der Waals surface area (Å²) in [5.74, 6) is 0.121. The molecule has 1 fully saturated rings. The molecule has 1 amide bonds. The van der Waals surface area contributed by atoms with E-state index in [1.807, 2.05) is 0 Å². The molecule has 1 saturated carbocycles. The van der Waals surface area contributed by atoms with Crippen molar-refractivity contribution >= 4 is 5.91 Å². The summed E-state index contributed by atoms with van der Waals surface area (Å²) in [6, 6.07) is 0. The van der Waals surface area contributed by atoms with E-state index in [4.69, 9.17) is 5.73 Å². The van der Waals surface area contributed by atoms with Gasteiger partial charge in [-0.15, -0.1) is 0 Å². The molecule has 3 nitrogen and oxygen atoms in total. The van der Waals surface area contributed by atoms with Crippen molar-refractivity contribution in [3.8, 4) is 0 Å². The van der Waals surface area contributed by atoms with Crippen LogP contribution in [-0.2, 0) is 4.79 Å². The van der Waals surface area contributed by atoms with Crippen molar-refractivity contribution < 1.29 is 4.79 Å². The molecule has 0 saturated heterocycles. The maximum absolute atomic E-state index is 11.9. The standard InChI is InChI=1S/C13H26N2O/c1-4-12(3,5-2)15-11(16)10-13(14)8-6-7-9-13/h4-10,14H2,1-3H3,(H,15,16). The third-order valence-electron chi connectivity index (χ3n) is 4.11. The summed E-state index contributed by atoms with van der Waals surface area (Å²) in [5.41, 5.74) is 5.91. The van der Waals surface area contributed by atoms with Gasteiger partial charge in [0.2, 0.25) is 5.91 Å². The van der Waals surface area contributed by atoms with E-state index in [0.717, 1.165) is 25.7 Å². The monoisotopic (exact) mass is 226 g/mol. The number of carbonyl (C=O) groups is 1. The summed E-state index contributed by atoms with van der Waals surface area (Å²) in [6.45, 7) is 6.32. The van der Waals surface area contributed by atoms with Gasteiger partial charge in [0.15, 0.2) is 0 Å². The third kappa shape index (κ3) is 3.48. The molecule has 0 bridgehead atoms. The van der Waals surface area contributed by atoms with Gasteiger partial charge >= 0.3 is 0 Å². The fraction of sp³-hybridized carbons (Fsp3) is 0.923. The number of rotatable bonds is 5. The van der Waals surface area contributed by atoms with Crippen LogP contribution < -0.4 is 11.1 Å². The zero-order chi connectivity index (χ0) is 12.2. The number of nitrogens with one attached hydrogen (secondary N) is 1. The average Bonchev–Trinajstić information content (AvgIpc) is 2.64. The van der Waals surface area contributed by atoms with Crippen molar-refractivity contribution in [2.24, 2.45) is 5.73 Å². The molecule has 0 aromatic rings. The van der Waals surface area contributed by atoms with E-state index in [9.17, 15) is 4.79 Å². The fourth-order valence-corrected chi connectivity index (χ4v) is 2.38. The largest absolute Gasteiger partial charge is 0.351 e. The van der Waals surface area contributed by atoms with Crippen molar-refractivity contribution in [3.63, 3.8) is 0 Å². The smallest absolute Gasteiger partial charge is 0.222 e. The maximum atomic E-state index is 11.9. The molecule has 0 radical (unpaired) electrons. The van der Waals surface area contributed by atoms with E-state index in [1.54, 1.807) is 0 Å². The summed E-state index contributed by atoms with van der Waals surface area (Å²) in [6.07, 6.45) is 6.75. The van der Waals surface area contributed by atoms with Crippen LogP contribution in [0.1, 0.15) is 65.7 Å². The predicted octanol–water partition coefficient (Wildman–Crippen LogP) is 2.34. The summed E-state index contributed by atoms with van der Waals surface area (Å²) in [5, 5.41) is 3.13. The topological polar surface area (TPSA) is 55.1 Å². The zero-order valence-electron chi connectivity index (χ0n) is 10.9. The van der Waals surface area contributed by atoms with Crippen LogP contribution in [-0.4, -0.2) is 17.0 Å². The van der Waals surface area contributed by atoms with Gasteiger partial charge in [-0.1, -0.05) is 26.7 Å². The van der Waals surface area contributed by atoms with Crippen LogP contribution in [0, 0.1) is 0 Å². The Kier molecular flexibility index (Phi) is 4.36. The highest BCUT2D eigenvalue weighted by molar-refractivity contribution is 5.78. The van der Waals surface area contributed by atoms with E-state index >= 15 is 0 Å². The Morgan fingerprint density at radius 3 is 2.25 bits per heavy atom. The molecular weight excluding hydrogens is 200 g/mol. The van der Waals surface area contributed by atoms with Crippen molar-refractivity contribution in [1.29, 1.82) is 0 Å². The second-order valence-corrected chi connectivity index (χ2v) is 5.56. The zero-order valence-corrected chi connectivity index (χ0v) is 10.9. The lowest BCUT2D eigenvalue weighted by atomic mass is 9.91. The summed E-state index contributed by atoms with van der Waals surface area (Å²) in [4.78, 5) is 11.9. The molecule has 16 heavy (non-hydrogen) atoms. The van der Waals surface area contributed by atoms with Gasteiger partial charge in [0, 0.05) is 17.5 Å². The number of amides is 1. The molecule has 3 N–H and O–H groups in total. The first kappa shape index (κ1) is 13.5. The highest BCUT2D eigenvalue weighted by Crippen LogP contribution is 2.30. The molecule has 0 aromatic heterocycles. The molecule has 1 aliphatic rings. The van der Waals surface area contributed by atoms with Gasteiger partial charge in [-0.3, -0.25) is 4.79 Å². The Labute approximate surface area is 99.2 Å². The highest BCUT2D eigenvalue weighted by Gasteiger charge is 2.33. The van der Waals surface area contributed by atoms with E-state index in [-0.39, 0.29) is 17.0 Å². The molecule has 0 unspecified atom stereocenters. The second kappa shape index (κ2) is 5.17. The van der Waals surface area contributed by atoms with Crippen LogP contribution in [0.5, 0.6) is 0 Å². The molecule has 0 aromatic carbocycles. The van der Waals surface area contributed by atoms with Gasteiger partial charge in [0.05, 0.1) is 0 Å². The lowest BCUT2D eigenvalue weighted by Crippen LogP contribution is -2.49. The number of hydrogen-bond donors (Lipinski definition) is 2. The average molecular weight is 226 g/mol. The van der Waals surface area contributed by atoms with Crippen LogP contribution in [0.4, 0.5) is 0 Å². The molecule has 0 atom stereocenters. The lowest BCUT2D eigenvalue weighted by molar-refractivity contribution is -0.124. The van der Waals surface area contributed by atoms with Crippen molar-refractivity contribution in [1.82, 2.24) is 5.32 Å². The summed E-state index contributed by atoms with van der Waals surface area (Å²) >= 11 is 0. The van der Waals surface area contributed by atoms with E-state index in [2.05, 4.69) is 26.1 Å².